The van der Waals surface area contributed by atoms with Crippen LogP contribution in [0, 0.1) is 0 Å². The number of nitrogens with one attached hydrogen (secondary N) is 2. The maximum absolute atomic E-state index is 13.4. The van der Waals surface area contributed by atoms with Gasteiger partial charge in [0.05, 0.1) is 18.2 Å². The van der Waals surface area contributed by atoms with E-state index in [1.165, 1.54) is 0 Å². The average Bonchev–Trinajstić information content (AvgIpc) is 3.29. The van der Waals surface area contributed by atoms with E-state index < -0.39 is 17.6 Å². The lowest BCUT2D eigenvalue weighted by Gasteiger charge is -2.33. The number of likely N-dealkylation sites (tertiary alicyclic amines) is 1. The molecule has 1 saturated heterocycles. The van der Waals surface area contributed by atoms with E-state index in [0.717, 1.165) is 27.4 Å². The van der Waals surface area contributed by atoms with Crippen molar-refractivity contribution in [3.63, 3.8) is 0 Å². The normalized spacial score (nSPS) is 14.3. The van der Waals surface area contributed by atoms with E-state index >= 15 is 0 Å². The molecule has 1 aliphatic heterocycles. The number of nitrogens with two attached hydrogens (primary N) is 1. The minimum Gasteiger partial charge on any atom is -0.497 e. The third kappa shape index (κ3) is 5.59. The molecule has 40 heavy (non-hydrogen) atoms. The van der Waals surface area contributed by atoms with Crippen LogP contribution in [-0.2, 0) is 4.74 Å². The zero-order chi connectivity index (χ0) is 28.6. The molecule has 9 heteroatoms. The molecule has 0 unspecified atom stereocenters. The van der Waals surface area contributed by atoms with Gasteiger partial charge in [0.25, 0.3) is 11.8 Å². The van der Waals surface area contributed by atoms with Crippen molar-refractivity contribution in [2.75, 3.05) is 20.2 Å². The predicted octanol–water partition coefficient (Wildman–Crippen LogP) is 5.22. The maximum Gasteiger partial charge on any atom is 0.407 e. The van der Waals surface area contributed by atoms with E-state index in [2.05, 4.69) is 10.3 Å². The van der Waals surface area contributed by atoms with Crippen molar-refractivity contribution < 1.29 is 23.9 Å². The topological polar surface area (TPSA) is 127 Å². The number of benzene rings is 3. The number of rotatable bonds is 5. The molecule has 0 bridgehead atoms. The van der Waals surface area contributed by atoms with E-state index in [1.807, 2.05) is 69.3 Å². The number of aromatic amines is 1. The number of hydrogen-bond acceptors (Lipinski definition) is 5. The summed E-state index contributed by atoms with van der Waals surface area (Å²) in [4.78, 5) is 43.0. The Balaban J connectivity index is 1.39. The van der Waals surface area contributed by atoms with Gasteiger partial charge in [0.2, 0.25) is 0 Å². The van der Waals surface area contributed by atoms with E-state index in [1.54, 1.807) is 18.1 Å². The fourth-order valence-corrected chi connectivity index (χ4v) is 5.19. The fraction of sp³-hybridized carbons (Fsp3) is 0.323. The van der Waals surface area contributed by atoms with Gasteiger partial charge < -0.3 is 30.4 Å². The number of piperidine rings is 1. The number of ether oxygens (including phenoxy) is 2. The van der Waals surface area contributed by atoms with Gasteiger partial charge in [0, 0.05) is 41.0 Å². The van der Waals surface area contributed by atoms with Crippen LogP contribution in [0.2, 0.25) is 0 Å². The lowest BCUT2D eigenvalue weighted by molar-refractivity contribution is 0.0473. The number of hydrogen-bond donors (Lipinski definition) is 3. The number of primary amides is 1. The van der Waals surface area contributed by atoms with Gasteiger partial charge in [0.1, 0.15) is 11.4 Å². The zero-order valence-electron chi connectivity index (χ0n) is 23.2. The molecule has 1 aromatic heterocycles. The molecular weight excluding hydrogens is 508 g/mol. The molecule has 0 spiro atoms. The summed E-state index contributed by atoms with van der Waals surface area (Å²) >= 11 is 0. The highest BCUT2D eigenvalue weighted by Gasteiger charge is 2.27. The van der Waals surface area contributed by atoms with Crippen LogP contribution in [0.1, 0.15) is 54.3 Å². The molecule has 4 N–H and O–H groups in total. The van der Waals surface area contributed by atoms with Crippen molar-refractivity contribution in [3.8, 4) is 16.9 Å². The first-order valence-electron chi connectivity index (χ1n) is 13.3. The van der Waals surface area contributed by atoms with E-state index in [-0.39, 0.29) is 11.9 Å². The number of amides is 3. The van der Waals surface area contributed by atoms with Crippen LogP contribution in [0.3, 0.4) is 0 Å². The number of nitrogens with zero attached hydrogens (tertiary/aromatic N) is 1. The highest BCUT2D eigenvalue weighted by Crippen LogP contribution is 2.34. The number of aromatic nitrogens is 1. The fourth-order valence-electron chi connectivity index (χ4n) is 5.19. The third-order valence-electron chi connectivity index (χ3n) is 7.13. The molecular formula is C31H34N4O5. The summed E-state index contributed by atoms with van der Waals surface area (Å²) in [6.07, 6.45) is 0.856. The van der Waals surface area contributed by atoms with Crippen molar-refractivity contribution in [2.24, 2.45) is 5.73 Å². The summed E-state index contributed by atoms with van der Waals surface area (Å²) in [6.45, 7) is 6.53. The Hall–Kier alpha value is -4.53. The molecule has 2 heterocycles. The third-order valence-corrected chi connectivity index (χ3v) is 7.13. The number of H-pyrrole nitrogens is 1. The summed E-state index contributed by atoms with van der Waals surface area (Å²) in [6, 6.07) is 16.9. The molecule has 0 saturated carbocycles. The van der Waals surface area contributed by atoms with Crippen molar-refractivity contribution >= 4 is 39.7 Å². The lowest BCUT2D eigenvalue weighted by atomic mass is 9.98. The van der Waals surface area contributed by atoms with Gasteiger partial charge in [-0.3, -0.25) is 9.59 Å². The lowest BCUT2D eigenvalue weighted by Crippen LogP contribution is -2.47. The largest absolute Gasteiger partial charge is 0.497 e. The molecule has 9 nitrogen and oxygen atoms in total. The SMILES string of the molecule is COc1cccc(-c2cc(C(N)=O)c3[nH]c4cc(C(=O)N5CCC(NC(=O)OC(C)(C)C)CC5)ccc4c3c2)c1. The van der Waals surface area contributed by atoms with Gasteiger partial charge in [0.15, 0.2) is 0 Å². The Morgan fingerprint density at radius 2 is 1.73 bits per heavy atom. The minimum absolute atomic E-state index is 0.0407. The standard InChI is InChI=1S/C31H34N4O5/c1-31(2,3)40-30(38)33-21-10-12-35(13-11-21)29(37)19-8-9-23-24-15-20(18-6-5-7-22(14-18)39-4)16-25(28(32)36)27(24)34-26(23)17-19/h5-9,14-17,21,34H,10-13H2,1-4H3,(H2,32,36)(H,33,38). The quantitative estimate of drug-likeness (QED) is 0.319. The number of fused-ring (bicyclic) bond motifs is 3. The van der Waals surface area contributed by atoms with Gasteiger partial charge in [-0.2, -0.15) is 0 Å². The second-order valence-corrected chi connectivity index (χ2v) is 11.1. The molecule has 0 atom stereocenters. The van der Waals surface area contributed by atoms with E-state index in [9.17, 15) is 14.4 Å². The van der Waals surface area contributed by atoms with Crippen LogP contribution in [0.15, 0.2) is 54.6 Å². The minimum atomic E-state index is -0.559. The smallest absolute Gasteiger partial charge is 0.407 e. The van der Waals surface area contributed by atoms with E-state index in [4.69, 9.17) is 15.2 Å². The van der Waals surface area contributed by atoms with Gasteiger partial charge in [-0.25, -0.2) is 4.79 Å². The summed E-state index contributed by atoms with van der Waals surface area (Å²) in [5.74, 6) is 0.0916. The van der Waals surface area contributed by atoms with Crippen LogP contribution >= 0.6 is 0 Å². The van der Waals surface area contributed by atoms with Gasteiger partial charge in [-0.05, 0) is 81.1 Å². The first-order valence-corrected chi connectivity index (χ1v) is 13.3. The summed E-state index contributed by atoms with van der Waals surface area (Å²) in [5, 5.41) is 4.63. The summed E-state index contributed by atoms with van der Waals surface area (Å²) in [5.41, 5.74) is 9.25. The first kappa shape index (κ1) is 27.1. The monoisotopic (exact) mass is 542 g/mol. The molecule has 1 fully saturated rings. The Morgan fingerprint density at radius 1 is 0.975 bits per heavy atom. The number of carbonyl (C=O) groups excluding carboxylic acids is 3. The molecule has 0 aliphatic carbocycles. The molecule has 3 amide bonds. The Morgan fingerprint density at radius 3 is 2.40 bits per heavy atom. The summed E-state index contributed by atoms with van der Waals surface area (Å²) in [7, 11) is 1.61. The number of methoxy groups -OCH3 is 1. The van der Waals surface area contributed by atoms with Crippen molar-refractivity contribution in [1.82, 2.24) is 15.2 Å². The molecule has 208 valence electrons. The van der Waals surface area contributed by atoms with Crippen molar-refractivity contribution in [2.45, 2.75) is 45.3 Å². The molecule has 5 rings (SSSR count). The zero-order valence-corrected chi connectivity index (χ0v) is 23.2. The Labute approximate surface area is 232 Å². The van der Waals surface area contributed by atoms with Crippen LogP contribution in [0.4, 0.5) is 4.79 Å². The van der Waals surface area contributed by atoms with Crippen LogP contribution in [-0.4, -0.2) is 59.6 Å². The number of alkyl carbamates (subject to hydrolysis) is 1. The van der Waals surface area contributed by atoms with Crippen LogP contribution < -0.4 is 15.8 Å². The van der Waals surface area contributed by atoms with Crippen molar-refractivity contribution in [3.05, 3.63) is 65.7 Å². The Bertz CT molecular complexity index is 1610. The highest BCUT2D eigenvalue weighted by atomic mass is 16.6. The van der Waals surface area contributed by atoms with E-state index in [0.29, 0.717) is 48.3 Å². The number of carbonyl (C=O) groups is 3. The molecule has 0 radical (unpaired) electrons. The molecule has 3 aromatic carbocycles. The Kier molecular flexibility index (Phi) is 7.14. The molecule has 4 aromatic rings. The highest BCUT2D eigenvalue weighted by molar-refractivity contribution is 6.17. The summed E-state index contributed by atoms with van der Waals surface area (Å²) < 4.78 is 10.7. The molecule has 1 aliphatic rings. The van der Waals surface area contributed by atoms with Crippen molar-refractivity contribution in [1.29, 1.82) is 0 Å². The van der Waals surface area contributed by atoms with Crippen LogP contribution in [0.5, 0.6) is 5.75 Å². The average molecular weight is 543 g/mol. The predicted molar refractivity (Wildman–Crippen MR) is 155 cm³/mol. The van der Waals surface area contributed by atoms with Gasteiger partial charge in [-0.15, -0.1) is 0 Å². The second kappa shape index (κ2) is 10.6. The van der Waals surface area contributed by atoms with Gasteiger partial charge >= 0.3 is 6.09 Å². The second-order valence-electron chi connectivity index (χ2n) is 11.1. The van der Waals surface area contributed by atoms with Gasteiger partial charge in [-0.1, -0.05) is 18.2 Å². The van der Waals surface area contributed by atoms with Crippen LogP contribution in [0.25, 0.3) is 32.9 Å². The maximum atomic E-state index is 13.4. The first-order chi connectivity index (χ1) is 19.0.